The predicted octanol–water partition coefficient (Wildman–Crippen LogP) is 7.40. The van der Waals surface area contributed by atoms with Crippen molar-refractivity contribution in [1.82, 2.24) is 4.90 Å². The molecule has 0 spiro atoms. The fraction of sp³-hybridized carbons (Fsp3) is 0.324. The summed E-state index contributed by atoms with van der Waals surface area (Å²) in [4.78, 5) is 34.8. The average Bonchev–Trinajstić information content (AvgIpc) is 3.72. The molecule has 1 aromatic heterocycles. The predicted molar refractivity (Wildman–Crippen MR) is 175 cm³/mol. The number of rotatable bonds is 8. The molecule has 9 nitrogen and oxygen atoms in total. The fourth-order valence-electron chi connectivity index (χ4n) is 6.15. The molecule has 51 heavy (non-hydrogen) atoms. The number of anilines is 2. The van der Waals surface area contributed by atoms with Crippen LogP contribution in [0.15, 0.2) is 59.8 Å². The number of β-amino-alcohol motifs (C(OH)–C–C–N with tert-alkyl or cyclic N) is 1. The number of likely N-dealkylation sites (tertiary alicyclic amines) is 1. The van der Waals surface area contributed by atoms with Gasteiger partial charge in [-0.05, 0) is 62.4 Å². The van der Waals surface area contributed by atoms with Crippen molar-refractivity contribution in [3.63, 3.8) is 0 Å². The van der Waals surface area contributed by atoms with Crippen molar-refractivity contribution in [1.29, 1.82) is 0 Å². The Labute approximate surface area is 289 Å². The van der Waals surface area contributed by atoms with Crippen LogP contribution < -0.4 is 15.4 Å². The van der Waals surface area contributed by atoms with Gasteiger partial charge in [0, 0.05) is 41.0 Å². The van der Waals surface area contributed by atoms with Crippen LogP contribution in [0.4, 0.5) is 42.1 Å². The van der Waals surface area contributed by atoms with Gasteiger partial charge in [0.1, 0.15) is 22.5 Å². The van der Waals surface area contributed by atoms with Gasteiger partial charge in [0.25, 0.3) is 11.8 Å². The van der Waals surface area contributed by atoms with Crippen LogP contribution in [-0.4, -0.2) is 66.0 Å². The third-order valence-corrected chi connectivity index (χ3v) is 9.47. The van der Waals surface area contributed by atoms with Crippen molar-refractivity contribution in [2.45, 2.75) is 37.9 Å². The highest BCUT2D eigenvalue weighted by Gasteiger charge is 2.44. The molecule has 2 atom stereocenters. The second-order valence-corrected chi connectivity index (χ2v) is 13.8. The molecule has 2 aliphatic heterocycles. The van der Waals surface area contributed by atoms with E-state index in [1.165, 1.54) is 19.2 Å². The number of alkyl halides is 6. The molecule has 6 rings (SSSR count). The van der Waals surface area contributed by atoms with Crippen molar-refractivity contribution in [3.05, 3.63) is 87.5 Å². The summed E-state index contributed by atoms with van der Waals surface area (Å²) < 4.78 is 100.0. The molecule has 0 radical (unpaired) electrons. The molecule has 3 heterocycles. The Kier molecular flexibility index (Phi) is 9.27. The Hall–Kier alpha value is -4.74. The summed E-state index contributed by atoms with van der Waals surface area (Å²) in [5.74, 6) is -3.54. The summed E-state index contributed by atoms with van der Waals surface area (Å²) in [7, 11) is 1.32. The second-order valence-electron chi connectivity index (χ2n) is 12.8. The maximum absolute atomic E-state index is 13.9. The smallest absolute Gasteiger partial charge is 0.419 e. The average molecular weight is 739 g/mol. The minimum absolute atomic E-state index is 0.0292. The van der Waals surface area contributed by atoms with Crippen molar-refractivity contribution in [2.24, 2.45) is 11.1 Å². The number of thiophene rings is 1. The number of oxime groups is 1. The number of aliphatic hydroxyl groups is 1. The number of nitrogens with one attached hydrogen (secondary N) is 2. The van der Waals surface area contributed by atoms with Gasteiger partial charge < -0.3 is 25.3 Å². The van der Waals surface area contributed by atoms with Crippen molar-refractivity contribution in [3.8, 4) is 5.75 Å². The number of methoxy groups -OCH3 is 1. The number of nitrogens with zero attached hydrogens (tertiary/aromatic N) is 2. The van der Waals surface area contributed by atoms with Gasteiger partial charge in [0.15, 0.2) is 0 Å². The number of amides is 2. The van der Waals surface area contributed by atoms with E-state index < -0.39 is 52.4 Å². The lowest BCUT2D eigenvalue weighted by atomic mass is 9.93. The molecule has 1 saturated heterocycles. The van der Waals surface area contributed by atoms with E-state index in [2.05, 4.69) is 15.8 Å². The number of benzene rings is 3. The molecular formula is C34H29F7N4O5S. The van der Waals surface area contributed by atoms with Gasteiger partial charge >= 0.3 is 12.4 Å². The molecular weight excluding hydrogens is 709 g/mol. The number of ether oxygens (including phenoxy) is 1. The van der Waals surface area contributed by atoms with Crippen LogP contribution in [0.3, 0.4) is 0 Å². The lowest BCUT2D eigenvalue weighted by Crippen LogP contribution is -2.38. The Bertz CT molecular complexity index is 2060. The summed E-state index contributed by atoms with van der Waals surface area (Å²) in [6, 6.07) is 9.08. The number of carbonyl (C=O) groups excluding carboxylic acids is 2. The molecule has 0 aliphatic carbocycles. The number of hydrogen-bond donors (Lipinski definition) is 3. The number of carbonyl (C=O) groups is 2. The van der Waals surface area contributed by atoms with Crippen molar-refractivity contribution in [2.75, 3.05) is 37.4 Å². The number of fused-ring (bicyclic) bond motifs is 2. The van der Waals surface area contributed by atoms with Gasteiger partial charge in [0.05, 0.1) is 46.7 Å². The topological polar surface area (TPSA) is 112 Å². The van der Waals surface area contributed by atoms with Gasteiger partial charge in [-0.25, -0.2) is 4.39 Å². The fourth-order valence-corrected chi connectivity index (χ4v) is 7.24. The van der Waals surface area contributed by atoms with Gasteiger partial charge in [-0.3, -0.25) is 14.5 Å². The first-order chi connectivity index (χ1) is 23.8. The first-order valence-electron chi connectivity index (χ1n) is 15.3. The largest absolute Gasteiger partial charge is 0.496 e. The lowest BCUT2D eigenvalue weighted by Gasteiger charge is -2.25. The van der Waals surface area contributed by atoms with Crippen LogP contribution in [-0.2, 0) is 17.2 Å². The number of hydrogen-bond acceptors (Lipinski definition) is 8. The van der Waals surface area contributed by atoms with Crippen LogP contribution >= 0.6 is 11.3 Å². The maximum Gasteiger partial charge on any atom is 0.419 e. The SMILES string of the molecule is COc1ccc(C2=NOC3CN(CC(C)(C)O)CC23)cc1C(=O)Nc1c(C(=O)Nc2ccc(F)c(C(F)(F)F)c2)sc2cc(C(F)(F)F)ccc12. The molecule has 3 N–H and O–H groups in total. The Morgan fingerprint density at radius 2 is 1.73 bits per heavy atom. The highest BCUT2D eigenvalue weighted by Crippen LogP contribution is 2.41. The van der Waals surface area contributed by atoms with E-state index in [9.17, 15) is 45.4 Å². The van der Waals surface area contributed by atoms with E-state index in [4.69, 9.17) is 9.57 Å². The van der Waals surface area contributed by atoms with Crippen molar-refractivity contribution < 1.29 is 55.0 Å². The minimum atomic E-state index is -5.08. The van der Waals surface area contributed by atoms with Crippen molar-refractivity contribution >= 4 is 50.3 Å². The summed E-state index contributed by atoms with van der Waals surface area (Å²) in [5.41, 5.74) is -3.24. The second kappa shape index (κ2) is 13.1. The molecule has 0 bridgehead atoms. The lowest BCUT2D eigenvalue weighted by molar-refractivity contribution is -0.140. The van der Waals surface area contributed by atoms with E-state index in [1.54, 1.807) is 19.9 Å². The van der Waals surface area contributed by atoms with Crippen LogP contribution in [0.25, 0.3) is 10.1 Å². The molecule has 2 unspecified atom stereocenters. The van der Waals surface area contributed by atoms with Crippen LogP contribution in [0, 0.1) is 11.7 Å². The van der Waals surface area contributed by atoms with Gasteiger partial charge in [-0.1, -0.05) is 11.2 Å². The summed E-state index contributed by atoms with van der Waals surface area (Å²) in [6.45, 7) is 4.83. The quantitative estimate of drug-likeness (QED) is 0.163. The highest BCUT2D eigenvalue weighted by atomic mass is 32.1. The summed E-state index contributed by atoms with van der Waals surface area (Å²) in [5, 5.41) is 19.4. The minimum Gasteiger partial charge on any atom is -0.496 e. The van der Waals surface area contributed by atoms with E-state index in [-0.39, 0.29) is 44.0 Å². The van der Waals surface area contributed by atoms with E-state index >= 15 is 0 Å². The molecule has 2 amide bonds. The number of halogens is 7. The van der Waals surface area contributed by atoms with E-state index in [1.807, 2.05) is 4.90 Å². The van der Waals surface area contributed by atoms with Gasteiger partial charge in [-0.15, -0.1) is 11.3 Å². The first kappa shape index (κ1) is 36.1. The molecule has 2 aliphatic rings. The third kappa shape index (κ3) is 7.50. The zero-order valence-electron chi connectivity index (χ0n) is 27.0. The van der Waals surface area contributed by atoms with Crippen LogP contribution in [0.5, 0.6) is 5.75 Å². The molecule has 0 saturated carbocycles. The van der Waals surface area contributed by atoms with E-state index in [0.717, 1.165) is 24.3 Å². The molecule has 270 valence electrons. The highest BCUT2D eigenvalue weighted by molar-refractivity contribution is 7.21. The zero-order valence-corrected chi connectivity index (χ0v) is 27.8. The Morgan fingerprint density at radius 3 is 2.39 bits per heavy atom. The van der Waals surface area contributed by atoms with Gasteiger partial charge in [-0.2, -0.15) is 26.3 Å². The Morgan fingerprint density at radius 1 is 0.980 bits per heavy atom. The Balaban J connectivity index is 1.34. The third-order valence-electron chi connectivity index (χ3n) is 8.32. The summed E-state index contributed by atoms with van der Waals surface area (Å²) >= 11 is 0.567. The van der Waals surface area contributed by atoms with Gasteiger partial charge in [0.2, 0.25) is 0 Å². The van der Waals surface area contributed by atoms with Crippen LogP contribution in [0.2, 0.25) is 0 Å². The van der Waals surface area contributed by atoms with Crippen LogP contribution in [0.1, 0.15) is 50.6 Å². The maximum atomic E-state index is 13.9. The molecule has 17 heteroatoms. The first-order valence-corrected chi connectivity index (χ1v) is 16.1. The van der Waals surface area contributed by atoms with E-state index in [0.29, 0.717) is 54.4 Å². The molecule has 4 aromatic rings. The molecule has 3 aromatic carbocycles. The monoisotopic (exact) mass is 738 g/mol. The zero-order chi connectivity index (χ0) is 37.0. The normalized spacial score (nSPS) is 18.0. The summed E-state index contributed by atoms with van der Waals surface area (Å²) in [6.07, 6.45) is -10.1. The standard InChI is InChI=1S/C34H29F7N4O5S/c1-32(2,48)15-45-13-21-25(14-45)50-44-27(21)16-4-9-24(49-3)20(10-16)30(46)43-28-19-7-5-17(33(36,37)38)11-26(19)51-29(28)31(47)42-18-6-8-23(35)22(12-18)34(39,40)41/h4-12,21,25,48H,13-15H2,1-3H3,(H,42,47)(H,43,46). The molecule has 1 fully saturated rings.